The van der Waals surface area contributed by atoms with E-state index in [-0.39, 0.29) is 16.8 Å². The lowest BCUT2D eigenvalue weighted by molar-refractivity contribution is 0.427. The quantitative estimate of drug-likeness (QED) is 0.764. The van der Waals surface area contributed by atoms with E-state index >= 15 is 0 Å². The zero-order valence-electron chi connectivity index (χ0n) is 8.52. The van der Waals surface area contributed by atoms with Gasteiger partial charge in [0, 0.05) is 6.07 Å². The molecule has 84 valence electrons. The topological polar surface area (TPSA) is 45.9 Å². The molecule has 1 aromatic heterocycles. The molecule has 0 unspecified atom stereocenters. The lowest BCUT2D eigenvalue weighted by atomic mass is 10.3. The molecule has 0 saturated heterocycles. The first-order valence-electron chi connectivity index (χ1n) is 4.69. The molecule has 1 aromatic carbocycles. The fraction of sp³-hybridized carbons (Fsp3) is 0. The fourth-order valence-corrected chi connectivity index (χ4v) is 1.43. The van der Waals surface area contributed by atoms with Crippen LogP contribution in [0.1, 0.15) is 5.56 Å². The number of nitrogens with zero attached hydrogens (tertiary/aromatic N) is 2. The van der Waals surface area contributed by atoms with Crippen LogP contribution in [0.5, 0.6) is 11.6 Å². The van der Waals surface area contributed by atoms with E-state index in [2.05, 4.69) is 4.98 Å². The minimum Gasteiger partial charge on any atom is -0.436 e. The minimum atomic E-state index is -0.507. The Kier molecular flexibility index (Phi) is 3.22. The molecule has 17 heavy (non-hydrogen) atoms. The molecule has 0 bridgehead atoms. The first kappa shape index (κ1) is 11.4. The number of rotatable bonds is 2. The first-order chi connectivity index (χ1) is 8.19. The monoisotopic (exact) mass is 248 g/mol. The third-order valence-electron chi connectivity index (χ3n) is 1.95. The maximum Gasteiger partial charge on any atom is 0.222 e. The lowest BCUT2D eigenvalue weighted by Gasteiger charge is -2.05. The number of pyridine rings is 1. The van der Waals surface area contributed by atoms with Gasteiger partial charge in [-0.25, -0.2) is 9.37 Å². The molecule has 3 nitrogen and oxygen atoms in total. The third kappa shape index (κ3) is 2.71. The summed E-state index contributed by atoms with van der Waals surface area (Å²) in [7, 11) is 0. The summed E-state index contributed by atoms with van der Waals surface area (Å²) in [5.74, 6) is -0.391. The highest BCUT2D eigenvalue weighted by Gasteiger charge is 2.06. The van der Waals surface area contributed by atoms with Crippen LogP contribution in [0, 0.1) is 17.1 Å². The number of ether oxygens (including phenoxy) is 1. The van der Waals surface area contributed by atoms with Gasteiger partial charge < -0.3 is 4.74 Å². The number of para-hydroxylation sites is 1. The van der Waals surface area contributed by atoms with Gasteiger partial charge in [0.15, 0.2) is 11.6 Å². The zero-order chi connectivity index (χ0) is 12.3. The van der Waals surface area contributed by atoms with E-state index in [4.69, 9.17) is 21.6 Å². The average Bonchev–Trinajstić information content (AvgIpc) is 2.31. The van der Waals surface area contributed by atoms with Gasteiger partial charge in [-0.15, -0.1) is 0 Å². The van der Waals surface area contributed by atoms with E-state index in [1.807, 2.05) is 6.07 Å². The Bertz CT molecular complexity index is 595. The van der Waals surface area contributed by atoms with Crippen molar-refractivity contribution >= 4 is 11.6 Å². The Morgan fingerprint density at radius 3 is 2.76 bits per heavy atom. The van der Waals surface area contributed by atoms with Gasteiger partial charge in [0.05, 0.1) is 11.6 Å². The second-order valence-corrected chi connectivity index (χ2v) is 3.55. The van der Waals surface area contributed by atoms with E-state index < -0.39 is 5.82 Å². The molecule has 2 aromatic rings. The Morgan fingerprint density at radius 2 is 2.06 bits per heavy atom. The highest BCUT2D eigenvalue weighted by molar-refractivity contribution is 6.29. The molecule has 2 rings (SSSR count). The minimum absolute atomic E-state index is 0.0335. The Hall–Kier alpha value is -2.12. The van der Waals surface area contributed by atoms with Crippen LogP contribution in [0.2, 0.25) is 5.15 Å². The van der Waals surface area contributed by atoms with Crippen molar-refractivity contribution in [3.05, 3.63) is 52.9 Å². The summed E-state index contributed by atoms with van der Waals surface area (Å²) in [6.07, 6.45) is 0. The Balaban J connectivity index is 2.34. The predicted molar refractivity (Wildman–Crippen MR) is 60.4 cm³/mol. The van der Waals surface area contributed by atoms with E-state index in [1.165, 1.54) is 24.3 Å². The summed E-state index contributed by atoms with van der Waals surface area (Å²) in [6, 6.07) is 10.6. The van der Waals surface area contributed by atoms with E-state index in [0.717, 1.165) is 0 Å². The van der Waals surface area contributed by atoms with Crippen LogP contribution in [0.15, 0.2) is 36.4 Å². The molecule has 1 heterocycles. The second kappa shape index (κ2) is 4.81. The van der Waals surface area contributed by atoms with Crippen molar-refractivity contribution in [2.24, 2.45) is 0 Å². The summed E-state index contributed by atoms with van der Waals surface area (Å²) in [5, 5.41) is 8.86. The molecule has 0 aliphatic carbocycles. The molecule has 0 aliphatic heterocycles. The largest absolute Gasteiger partial charge is 0.436 e. The van der Waals surface area contributed by atoms with Gasteiger partial charge in [-0.1, -0.05) is 23.7 Å². The van der Waals surface area contributed by atoms with Crippen LogP contribution in [-0.2, 0) is 0 Å². The van der Waals surface area contributed by atoms with Crippen LogP contribution in [0.4, 0.5) is 4.39 Å². The number of benzene rings is 1. The standard InChI is InChI=1S/C12H6ClFN2O/c13-11-5-8(7-15)6-12(16-11)17-10-4-2-1-3-9(10)14/h1-6H. The molecule has 0 aliphatic rings. The molecule has 5 heteroatoms. The SMILES string of the molecule is N#Cc1cc(Cl)nc(Oc2ccccc2F)c1. The van der Waals surface area contributed by atoms with Crippen molar-refractivity contribution in [2.75, 3.05) is 0 Å². The second-order valence-electron chi connectivity index (χ2n) is 3.16. The van der Waals surface area contributed by atoms with Gasteiger partial charge in [-0.05, 0) is 18.2 Å². The van der Waals surface area contributed by atoms with Crippen molar-refractivity contribution in [1.29, 1.82) is 5.26 Å². The summed E-state index contributed by atoms with van der Waals surface area (Å²) in [4.78, 5) is 3.84. The summed E-state index contributed by atoms with van der Waals surface area (Å²) >= 11 is 5.70. The van der Waals surface area contributed by atoms with Gasteiger partial charge >= 0.3 is 0 Å². The maximum absolute atomic E-state index is 13.3. The van der Waals surface area contributed by atoms with Crippen molar-refractivity contribution in [1.82, 2.24) is 4.98 Å². The van der Waals surface area contributed by atoms with Crippen LogP contribution in [0.25, 0.3) is 0 Å². The highest BCUT2D eigenvalue weighted by Crippen LogP contribution is 2.24. The number of hydrogen-bond acceptors (Lipinski definition) is 3. The Labute approximate surface area is 102 Å². The molecule has 0 atom stereocenters. The van der Waals surface area contributed by atoms with Crippen LogP contribution in [-0.4, -0.2) is 4.98 Å². The molecule has 0 saturated carbocycles. The summed E-state index contributed by atoms with van der Waals surface area (Å²) < 4.78 is 18.5. The van der Waals surface area contributed by atoms with Crippen molar-refractivity contribution < 1.29 is 9.13 Å². The predicted octanol–water partition coefficient (Wildman–Crippen LogP) is 3.54. The van der Waals surface area contributed by atoms with Crippen LogP contribution >= 0.6 is 11.6 Å². The average molecular weight is 249 g/mol. The van der Waals surface area contributed by atoms with E-state index in [9.17, 15) is 4.39 Å². The van der Waals surface area contributed by atoms with Crippen molar-refractivity contribution in [3.63, 3.8) is 0 Å². The van der Waals surface area contributed by atoms with Crippen LogP contribution < -0.4 is 4.74 Å². The third-order valence-corrected chi connectivity index (χ3v) is 2.14. The van der Waals surface area contributed by atoms with Gasteiger partial charge in [0.2, 0.25) is 5.88 Å². The molecule has 0 spiro atoms. The van der Waals surface area contributed by atoms with Gasteiger partial charge in [-0.2, -0.15) is 5.26 Å². The van der Waals surface area contributed by atoms with E-state index in [0.29, 0.717) is 5.56 Å². The first-order valence-corrected chi connectivity index (χ1v) is 5.07. The Morgan fingerprint density at radius 1 is 1.29 bits per heavy atom. The molecule has 0 radical (unpaired) electrons. The number of aromatic nitrogens is 1. The van der Waals surface area contributed by atoms with Gasteiger partial charge in [0.1, 0.15) is 5.15 Å². The van der Waals surface area contributed by atoms with Crippen molar-refractivity contribution in [3.8, 4) is 17.7 Å². The summed E-state index contributed by atoms with van der Waals surface area (Å²) in [5.41, 5.74) is 0.302. The molecule has 0 N–H and O–H groups in total. The van der Waals surface area contributed by atoms with Gasteiger partial charge in [0.25, 0.3) is 0 Å². The van der Waals surface area contributed by atoms with Gasteiger partial charge in [-0.3, -0.25) is 0 Å². The molecule has 0 amide bonds. The normalized spacial score (nSPS) is 9.71. The molecular formula is C12H6ClFN2O. The highest BCUT2D eigenvalue weighted by atomic mass is 35.5. The maximum atomic E-state index is 13.3. The van der Waals surface area contributed by atoms with Crippen molar-refractivity contribution in [2.45, 2.75) is 0 Å². The fourth-order valence-electron chi connectivity index (χ4n) is 1.23. The smallest absolute Gasteiger partial charge is 0.222 e. The number of nitriles is 1. The lowest BCUT2D eigenvalue weighted by Crippen LogP contribution is -1.92. The van der Waals surface area contributed by atoms with E-state index in [1.54, 1.807) is 12.1 Å². The number of halogens is 2. The van der Waals surface area contributed by atoms with Crippen LogP contribution in [0.3, 0.4) is 0 Å². The number of hydrogen-bond donors (Lipinski definition) is 0. The molecular weight excluding hydrogens is 243 g/mol. The molecule has 0 fully saturated rings. The summed E-state index contributed by atoms with van der Waals surface area (Å²) in [6.45, 7) is 0. The zero-order valence-corrected chi connectivity index (χ0v) is 9.28.